The summed E-state index contributed by atoms with van der Waals surface area (Å²) in [6.45, 7) is 10.7. The van der Waals surface area contributed by atoms with Gasteiger partial charge < -0.3 is 31.1 Å². The monoisotopic (exact) mass is 420 g/mol. The van der Waals surface area contributed by atoms with Crippen LogP contribution < -0.4 is 21.3 Å². The maximum Gasteiger partial charge on any atom is 0.0205 e. The van der Waals surface area contributed by atoms with Gasteiger partial charge in [-0.05, 0) is 117 Å². The highest BCUT2D eigenvalue weighted by Gasteiger charge is 1.98. The smallest absolute Gasteiger partial charge is 0.0205 e. The second kappa shape index (κ2) is 18.7. The normalized spacial score (nSPS) is 11.7. The molecule has 0 aliphatic heterocycles. The summed E-state index contributed by atoms with van der Waals surface area (Å²) in [6, 6.07) is 8.92. The van der Waals surface area contributed by atoms with Crippen LogP contribution in [0.3, 0.4) is 0 Å². The number of nitrogens with one attached hydrogen (secondary N) is 4. The average molecular weight is 421 g/mol. The highest BCUT2D eigenvalue weighted by Crippen LogP contribution is 2.05. The Bertz CT molecular complexity index is 465. The molecule has 0 aliphatic rings. The summed E-state index contributed by atoms with van der Waals surface area (Å²) in [6.07, 6.45) is 4.78. The van der Waals surface area contributed by atoms with Crippen molar-refractivity contribution in [1.29, 1.82) is 0 Å². The molecule has 1 aromatic rings. The van der Waals surface area contributed by atoms with Crippen molar-refractivity contribution in [3.05, 3.63) is 35.4 Å². The highest BCUT2D eigenvalue weighted by atomic mass is 15.1. The standard InChI is InChI=1S/C24H48N6/c1-29(2)18-8-16-25-12-6-14-27-21-23-10-5-11-24(20-23)22-28-15-7-13-26-17-9-19-30(3)4/h5,10-11,20,25-28H,6-9,12-19,21-22H2,1-4H3. The van der Waals surface area contributed by atoms with Crippen LogP contribution in [0.1, 0.15) is 36.8 Å². The van der Waals surface area contributed by atoms with Crippen molar-refractivity contribution in [1.82, 2.24) is 31.1 Å². The Labute approximate surface area is 186 Å². The molecule has 0 radical (unpaired) electrons. The van der Waals surface area contributed by atoms with E-state index >= 15 is 0 Å². The molecule has 0 bridgehead atoms. The van der Waals surface area contributed by atoms with Gasteiger partial charge in [-0.1, -0.05) is 24.3 Å². The molecule has 0 aromatic heterocycles. The third-order valence-corrected chi connectivity index (χ3v) is 4.98. The molecule has 30 heavy (non-hydrogen) atoms. The summed E-state index contributed by atoms with van der Waals surface area (Å²) in [4.78, 5) is 4.47. The summed E-state index contributed by atoms with van der Waals surface area (Å²) in [7, 11) is 8.51. The van der Waals surface area contributed by atoms with Gasteiger partial charge in [0.1, 0.15) is 0 Å². The quantitative estimate of drug-likeness (QED) is 0.241. The number of hydrogen-bond donors (Lipinski definition) is 4. The molecule has 0 saturated heterocycles. The van der Waals surface area contributed by atoms with Crippen molar-refractivity contribution in [2.45, 2.75) is 38.8 Å². The van der Waals surface area contributed by atoms with Gasteiger partial charge in [-0.15, -0.1) is 0 Å². The fourth-order valence-electron chi connectivity index (χ4n) is 3.28. The van der Waals surface area contributed by atoms with Crippen LogP contribution in [0.4, 0.5) is 0 Å². The molecular weight excluding hydrogens is 372 g/mol. The molecule has 6 nitrogen and oxygen atoms in total. The molecule has 0 saturated carbocycles. The van der Waals surface area contributed by atoms with E-state index < -0.39 is 0 Å². The van der Waals surface area contributed by atoms with Crippen LogP contribution in [0.5, 0.6) is 0 Å². The van der Waals surface area contributed by atoms with Crippen molar-refractivity contribution in [3.8, 4) is 0 Å². The van der Waals surface area contributed by atoms with Gasteiger partial charge in [-0.25, -0.2) is 0 Å². The minimum Gasteiger partial charge on any atom is -0.317 e. The predicted octanol–water partition coefficient (Wildman–Crippen LogP) is 1.73. The number of benzene rings is 1. The summed E-state index contributed by atoms with van der Waals surface area (Å²) >= 11 is 0. The first-order valence-corrected chi connectivity index (χ1v) is 11.8. The van der Waals surface area contributed by atoms with E-state index in [1.165, 1.54) is 36.8 Å². The lowest BCUT2D eigenvalue weighted by Gasteiger charge is -2.11. The summed E-state index contributed by atoms with van der Waals surface area (Å²) in [5.41, 5.74) is 2.74. The summed E-state index contributed by atoms with van der Waals surface area (Å²) in [5.74, 6) is 0. The molecule has 1 rings (SSSR count). The van der Waals surface area contributed by atoms with E-state index in [9.17, 15) is 0 Å². The van der Waals surface area contributed by atoms with Crippen molar-refractivity contribution in [3.63, 3.8) is 0 Å². The van der Waals surface area contributed by atoms with Gasteiger partial charge in [-0.2, -0.15) is 0 Å². The fourth-order valence-corrected chi connectivity index (χ4v) is 3.28. The molecule has 0 unspecified atom stereocenters. The molecule has 0 aliphatic carbocycles. The van der Waals surface area contributed by atoms with E-state index in [1.54, 1.807) is 0 Å². The first-order chi connectivity index (χ1) is 14.6. The van der Waals surface area contributed by atoms with Gasteiger partial charge in [0.15, 0.2) is 0 Å². The van der Waals surface area contributed by atoms with E-state index in [0.717, 1.165) is 65.4 Å². The maximum atomic E-state index is 3.57. The molecule has 0 amide bonds. The molecule has 4 N–H and O–H groups in total. The zero-order valence-corrected chi connectivity index (χ0v) is 20.1. The fraction of sp³-hybridized carbons (Fsp3) is 0.750. The minimum atomic E-state index is 0.950. The lowest BCUT2D eigenvalue weighted by Crippen LogP contribution is -2.25. The first kappa shape index (κ1) is 27.0. The lowest BCUT2D eigenvalue weighted by molar-refractivity contribution is 0.394. The van der Waals surface area contributed by atoms with Gasteiger partial charge >= 0.3 is 0 Å². The van der Waals surface area contributed by atoms with Crippen LogP contribution in [-0.2, 0) is 13.1 Å². The van der Waals surface area contributed by atoms with Gasteiger partial charge in [-0.3, -0.25) is 0 Å². The zero-order valence-electron chi connectivity index (χ0n) is 20.1. The Kier molecular flexibility index (Phi) is 16.9. The van der Waals surface area contributed by atoms with Gasteiger partial charge in [0.25, 0.3) is 0 Å². The molecule has 1 aromatic carbocycles. The molecular formula is C24H48N6. The minimum absolute atomic E-state index is 0.950. The molecule has 0 spiro atoms. The Morgan fingerprint density at radius 3 is 1.40 bits per heavy atom. The van der Waals surface area contributed by atoms with Crippen LogP contribution >= 0.6 is 0 Å². The third-order valence-electron chi connectivity index (χ3n) is 4.98. The first-order valence-electron chi connectivity index (χ1n) is 11.8. The summed E-state index contributed by atoms with van der Waals surface area (Å²) < 4.78 is 0. The Morgan fingerprint density at radius 2 is 0.967 bits per heavy atom. The largest absolute Gasteiger partial charge is 0.317 e. The average Bonchev–Trinajstić information content (AvgIpc) is 2.71. The molecule has 0 atom stereocenters. The maximum absolute atomic E-state index is 3.57. The van der Waals surface area contributed by atoms with Crippen molar-refractivity contribution < 1.29 is 0 Å². The van der Waals surface area contributed by atoms with Crippen LogP contribution in [-0.4, -0.2) is 90.3 Å². The Hall–Kier alpha value is -1.02. The second-order valence-electron chi connectivity index (χ2n) is 8.69. The lowest BCUT2D eigenvalue weighted by atomic mass is 10.1. The van der Waals surface area contributed by atoms with E-state index in [2.05, 4.69) is 83.5 Å². The van der Waals surface area contributed by atoms with E-state index in [0.29, 0.717) is 0 Å². The van der Waals surface area contributed by atoms with Crippen LogP contribution in [0.2, 0.25) is 0 Å². The van der Waals surface area contributed by atoms with Gasteiger partial charge in [0.2, 0.25) is 0 Å². The van der Waals surface area contributed by atoms with Crippen molar-refractivity contribution in [2.24, 2.45) is 0 Å². The van der Waals surface area contributed by atoms with Gasteiger partial charge in [0, 0.05) is 13.1 Å². The number of hydrogen-bond acceptors (Lipinski definition) is 6. The number of nitrogens with zero attached hydrogens (tertiary/aromatic N) is 2. The number of rotatable bonds is 20. The Balaban J connectivity index is 1.99. The Morgan fingerprint density at radius 1 is 0.567 bits per heavy atom. The second-order valence-corrected chi connectivity index (χ2v) is 8.69. The van der Waals surface area contributed by atoms with Crippen molar-refractivity contribution in [2.75, 3.05) is 80.5 Å². The van der Waals surface area contributed by atoms with E-state index in [-0.39, 0.29) is 0 Å². The molecule has 0 heterocycles. The highest BCUT2D eigenvalue weighted by molar-refractivity contribution is 5.23. The molecule has 0 fully saturated rings. The van der Waals surface area contributed by atoms with Gasteiger partial charge in [0.05, 0.1) is 0 Å². The zero-order chi connectivity index (χ0) is 21.9. The third kappa shape index (κ3) is 16.7. The molecule has 6 heteroatoms. The predicted molar refractivity (Wildman–Crippen MR) is 131 cm³/mol. The van der Waals surface area contributed by atoms with E-state index in [1.807, 2.05) is 0 Å². The van der Waals surface area contributed by atoms with Crippen LogP contribution in [0, 0.1) is 0 Å². The summed E-state index contributed by atoms with van der Waals surface area (Å²) in [5, 5.41) is 14.2. The van der Waals surface area contributed by atoms with Crippen molar-refractivity contribution >= 4 is 0 Å². The van der Waals surface area contributed by atoms with Crippen LogP contribution in [0.25, 0.3) is 0 Å². The molecule has 174 valence electrons. The topological polar surface area (TPSA) is 54.6 Å². The SMILES string of the molecule is CN(C)CCCNCCCNCc1cccc(CNCCCNCCCN(C)C)c1. The van der Waals surface area contributed by atoms with E-state index in [4.69, 9.17) is 0 Å². The van der Waals surface area contributed by atoms with Crippen LogP contribution in [0.15, 0.2) is 24.3 Å².